The van der Waals surface area contributed by atoms with Gasteiger partial charge in [-0.05, 0) is 43.2 Å². The topological polar surface area (TPSA) is 111 Å². The molecule has 1 aliphatic heterocycles. The third kappa shape index (κ3) is 4.68. The standard InChI is InChI=1S/C21H21FN4O5S2/c1-30-15-8-9-17(31-2)18(12-15)33(28,29)26-10-4-7-16(26)20-24-25-21(32-20)19(27)23-14-6-3-5-13(22)11-14/h3,5-6,8-9,11-12,16H,4,7,10H2,1-2H3,(H,23,27). The molecule has 0 saturated carbocycles. The van der Waals surface area contributed by atoms with E-state index in [-0.39, 0.29) is 27.9 Å². The zero-order valence-electron chi connectivity index (χ0n) is 17.8. The van der Waals surface area contributed by atoms with Crippen LogP contribution in [0.2, 0.25) is 0 Å². The summed E-state index contributed by atoms with van der Waals surface area (Å²) in [7, 11) is -1.10. The van der Waals surface area contributed by atoms with Gasteiger partial charge in [0.1, 0.15) is 27.2 Å². The monoisotopic (exact) mass is 492 g/mol. The second-order valence-corrected chi connectivity index (χ2v) is 10.1. The van der Waals surface area contributed by atoms with Crippen LogP contribution in [0.3, 0.4) is 0 Å². The van der Waals surface area contributed by atoms with Crippen LogP contribution in [0.4, 0.5) is 10.1 Å². The van der Waals surface area contributed by atoms with Crippen LogP contribution in [0.15, 0.2) is 47.4 Å². The molecule has 4 rings (SSSR count). The van der Waals surface area contributed by atoms with Gasteiger partial charge in [0.15, 0.2) is 0 Å². The van der Waals surface area contributed by atoms with Crippen molar-refractivity contribution in [3.63, 3.8) is 0 Å². The number of amides is 1. The Morgan fingerprint density at radius 1 is 1.18 bits per heavy atom. The molecular formula is C21H21FN4O5S2. The lowest BCUT2D eigenvalue weighted by Crippen LogP contribution is -2.31. The van der Waals surface area contributed by atoms with E-state index in [2.05, 4.69) is 15.5 Å². The zero-order chi connectivity index (χ0) is 23.6. The number of aromatic nitrogens is 2. The van der Waals surface area contributed by atoms with Crippen LogP contribution in [-0.4, -0.2) is 49.6 Å². The Bertz CT molecular complexity index is 1280. The van der Waals surface area contributed by atoms with Crippen LogP contribution in [0.5, 0.6) is 11.5 Å². The number of benzene rings is 2. The van der Waals surface area contributed by atoms with Crippen LogP contribution in [0.1, 0.15) is 33.7 Å². The number of halogens is 1. The Labute approximate surface area is 194 Å². The smallest absolute Gasteiger partial charge is 0.286 e. The minimum absolute atomic E-state index is 0.00941. The molecule has 1 aliphatic rings. The third-order valence-corrected chi connectivity index (χ3v) is 8.12. The molecule has 1 atom stereocenters. The van der Waals surface area contributed by atoms with Crippen molar-refractivity contribution in [2.24, 2.45) is 0 Å². The first-order chi connectivity index (χ1) is 15.8. The van der Waals surface area contributed by atoms with Gasteiger partial charge in [-0.3, -0.25) is 4.79 Å². The predicted octanol–water partition coefficient (Wildman–Crippen LogP) is 3.47. The van der Waals surface area contributed by atoms with Crippen LogP contribution in [0.25, 0.3) is 0 Å². The molecule has 9 nitrogen and oxygen atoms in total. The van der Waals surface area contributed by atoms with Crippen LogP contribution in [0, 0.1) is 5.82 Å². The second-order valence-electron chi connectivity index (χ2n) is 7.20. The van der Waals surface area contributed by atoms with Gasteiger partial charge in [0.05, 0.1) is 20.3 Å². The SMILES string of the molecule is COc1ccc(OC)c(S(=O)(=O)N2CCCC2c2nnc(C(=O)Nc3cccc(F)c3)s2)c1. The fraction of sp³-hybridized carbons (Fsp3) is 0.286. The number of nitrogens with zero attached hydrogens (tertiary/aromatic N) is 3. The van der Waals surface area contributed by atoms with Gasteiger partial charge < -0.3 is 14.8 Å². The van der Waals surface area contributed by atoms with Gasteiger partial charge in [0, 0.05) is 18.3 Å². The molecule has 1 aromatic heterocycles. The highest BCUT2D eigenvalue weighted by Crippen LogP contribution is 2.40. The average Bonchev–Trinajstić information content (AvgIpc) is 3.48. The van der Waals surface area contributed by atoms with Crippen molar-refractivity contribution in [1.29, 1.82) is 0 Å². The predicted molar refractivity (Wildman–Crippen MR) is 120 cm³/mol. The minimum Gasteiger partial charge on any atom is -0.497 e. The van der Waals surface area contributed by atoms with E-state index in [1.165, 1.54) is 48.9 Å². The lowest BCUT2D eigenvalue weighted by Gasteiger charge is -2.23. The van der Waals surface area contributed by atoms with Crippen molar-refractivity contribution in [1.82, 2.24) is 14.5 Å². The van der Waals surface area contributed by atoms with Gasteiger partial charge in [-0.2, -0.15) is 4.31 Å². The van der Waals surface area contributed by atoms with E-state index >= 15 is 0 Å². The van der Waals surface area contributed by atoms with E-state index in [0.717, 1.165) is 11.3 Å². The summed E-state index contributed by atoms with van der Waals surface area (Å²) in [5.74, 6) is -0.442. The number of ether oxygens (including phenoxy) is 2. The number of rotatable bonds is 7. The van der Waals surface area contributed by atoms with E-state index in [1.54, 1.807) is 12.1 Å². The van der Waals surface area contributed by atoms with E-state index in [4.69, 9.17) is 9.47 Å². The molecule has 174 valence electrons. The number of methoxy groups -OCH3 is 2. The Morgan fingerprint density at radius 2 is 2.00 bits per heavy atom. The Balaban J connectivity index is 1.59. The van der Waals surface area contributed by atoms with E-state index in [0.29, 0.717) is 23.6 Å². The number of carbonyl (C=O) groups is 1. The summed E-state index contributed by atoms with van der Waals surface area (Å²) in [6.07, 6.45) is 1.16. The normalized spacial score (nSPS) is 16.5. The minimum atomic E-state index is -3.95. The zero-order valence-corrected chi connectivity index (χ0v) is 19.5. The first-order valence-corrected chi connectivity index (χ1v) is 12.2. The number of hydrogen-bond acceptors (Lipinski definition) is 8. The van der Waals surface area contributed by atoms with Crippen molar-refractivity contribution >= 4 is 33.0 Å². The number of nitrogens with one attached hydrogen (secondary N) is 1. The molecule has 0 bridgehead atoms. The molecular weight excluding hydrogens is 471 g/mol. The Morgan fingerprint density at radius 3 is 2.73 bits per heavy atom. The average molecular weight is 493 g/mol. The fourth-order valence-corrected chi connectivity index (χ4v) is 6.38. The molecule has 2 heterocycles. The molecule has 0 spiro atoms. The van der Waals surface area contributed by atoms with Crippen molar-refractivity contribution in [2.75, 3.05) is 26.1 Å². The van der Waals surface area contributed by atoms with Crippen LogP contribution in [-0.2, 0) is 10.0 Å². The highest BCUT2D eigenvalue weighted by Gasteiger charge is 2.40. The van der Waals surface area contributed by atoms with Gasteiger partial charge in [-0.1, -0.05) is 17.4 Å². The number of carbonyl (C=O) groups excluding carboxylic acids is 1. The molecule has 33 heavy (non-hydrogen) atoms. The van der Waals surface area contributed by atoms with Gasteiger partial charge in [-0.25, -0.2) is 12.8 Å². The molecule has 1 amide bonds. The van der Waals surface area contributed by atoms with Gasteiger partial charge in [0.2, 0.25) is 15.0 Å². The summed E-state index contributed by atoms with van der Waals surface area (Å²) >= 11 is 1.00. The van der Waals surface area contributed by atoms with E-state index in [1.807, 2.05) is 0 Å². The molecule has 2 aromatic carbocycles. The maximum atomic E-state index is 13.5. The van der Waals surface area contributed by atoms with Crippen molar-refractivity contribution in [3.8, 4) is 11.5 Å². The summed E-state index contributed by atoms with van der Waals surface area (Å²) in [5, 5.41) is 11.0. The quantitative estimate of drug-likeness (QED) is 0.538. The van der Waals surface area contributed by atoms with Crippen molar-refractivity contribution < 1.29 is 27.1 Å². The van der Waals surface area contributed by atoms with Crippen molar-refractivity contribution in [2.45, 2.75) is 23.8 Å². The molecule has 1 N–H and O–H groups in total. The molecule has 3 aromatic rings. The summed E-state index contributed by atoms with van der Waals surface area (Å²) < 4.78 is 52.2. The van der Waals surface area contributed by atoms with Gasteiger partial charge in [0.25, 0.3) is 5.91 Å². The number of sulfonamides is 1. The first kappa shape index (κ1) is 23.1. The van der Waals surface area contributed by atoms with Gasteiger partial charge >= 0.3 is 0 Å². The maximum Gasteiger partial charge on any atom is 0.286 e. The van der Waals surface area contributed by atoms with E-state index in [9.17, 15) is 17.6 Å². The van der Waals surface area contributed by atoms with Crippen molar-refractivity contribution in [3.05, 3.63) is 58.3 Å². The molecule has 1 fully saturated rings. The van der Waals surface area contributed by atoms with Crippen LogP contribution < -0.4 is 14.8 Å². The third-order valence-electron chi connectivity index (χ3n) is 5.16. The highest BCUT2D eigenvalue weighted by molar-refractivity contribution is 7.89. The Hall–Kier alpha value is -3.09. The lowest BCUT2D eigenvalue weighted by molar-refractivity contribution is 0.102. The molecule has 0 aliphatic carbocycles. The summed E-state index contributed by atoms with van der Waals surface area (Å²) in [6.45, 7) is 0.289. The summed E-state index contributed by atoms with van der Waals surface area (Å²) in [6, 6.07) is 9.49. The first-order valence-electron chi connectivity index (χ1n) is 9.97. The molecule has 12 heteroatoms. The van der Waals surface area contributed by atoms with E-state index < -0.39 is 27.8 Å². The molecule has 1 saturated heterocycles. The highest BCUT2D eigenvalue weighted by atomic mass is 32.2. The summed E-state index contributed by atoms with van der Waals surface area (Å²) in [5.41, 5.74) is 0.284. The lowest BCUT2D eigenvalue weighted by atomic mass is 10.2. The fourth-order valence-electron chi connectivity index (χ4n) is 3.60. The largest absolute Gasteiger partial charge is 0.497 e. The number of anilines is 1. The Kier molecular flexibility index (Phi) is 6.58. The molecule has 1 unspecified atom stereocenters. The summed E-state index contributed by atoms with van der Waals surface area (Å²) in [4.78, 5) is 12.5. The molecule has 0 radical (unpaired) electrons. The van der Waals surface area contributed by atoms with Gasteiger partial charge in [-0.15, -0.1) is 10.2 Å². The maximum absolute atomic E-state index is 13.5. The van der Waals surface area contributed by atoms with Crippen LogP contribution >= 0.6 is 11.3 Å². The second kappa shape index (κ2) is 9.41. The number of hydrogen-bond donors (Lipinski definition) is 1.